The van der Waals surface area contributed by atoms with Gasteiger partial charge in [-0.3, -0.25) is 9.36 Å². The van der Waals surface area contributed by atoms with Gasteiger partial charge in [-0.05, 0) is 39.3 Å². The number of hydrogen-bond donors (Lipinski definition) is 1. The predicted octanol–water partition coefficient (Wildman–Crippen LogP) is 3.04. The first-order valence-electron chi connectivity index (χ1n) is 10.9. The second kappa shape index (κ2) is 7.35. The summed E-state index contributed by atoms with van der Waals surface area (Å²) in [5, 5.41) is 3.47. The van der Waals surface area contributed by atoms with Gasteiger partial charge in [-0.15, -0.1) is 0 Å². The summed E-state index contributed by atoms with van der Waals surface area (Å²) in [6.45, 7) is 19.9. The van der Waals surface area contributed by atoms with Gasteiger partial charge >= 0.3 is 0 Å². The Balaban J connectivity index is 1.71. The van der Waals surface area contributed by atoms with E-state index in [0.29, 0.717) is 23.7 Å². The molecule has 2 aromatic rings. The van der Waals surface area contributed by atoms with Crippen LogP contribution < -0.4 is 10.9 Å². The van der Waals surface area contributed by atoms with E-state index >= 15 is 0 Å². The van der Waals surface area contributed by atoms with Crippen LogP contribution in [0.1, 0.15) is 6.23 Å². The fourth-order valence-electron chi connectivity index (χ4n) is 4.07. The maximum absolute atomic E-state index is 13.1. The third kappa shape index (κ3) is 4.33. The van der Waals surface area contributed by atoms with Gasteiger partial charge in [-0.25, -0.2) is 9.97 Å². The van der Waals surface area contributed by atoms with Crippen LogP contribution in [0.25, 0.3) is 11.2 Å². The Morgan fingerprint density at radius 1 is 1.10 bits per heavy atom. The van der Waals surface area contributed by atoms with Crippen molar-refractivity contribution in [2.45, 2.75) is 83.4 Å². The number of aromatic nitrogens is 4. The van der Waals surface area contributed by atoms with Crippen molar-refractivity contribution in [2.24, 2.45) is 0 Å². The molecule has 0 aromatic carbocycles. The van der Waals surface area contributed by atoms with Crippen molar-refractivity contribution in [1.82, 2.24) is 18.8 Å². The molecule has 1 fully saturated rings. The number of fused-ring (bicyclic) bond motifs is 5. The topological polar surface area (TPSA) is 92.4 Å². The molecular weight excluding hydrogens is 446 g/mol. The van der Waals surface area contributed by atoms with Crippen LogP contribution in [-0.4, -0.2) is 68.5 Å². The molecule has 2 aromatic heterocycles. The third-order valence-electron chi connectivity index (χ3n) is 5.39. The van der Waals surface area contributed by atoms with Gasteiger partial charge in [-0.1, -0.05) is 19.6 Å². The largest absolute Gasteiger partial charge is 0.415 e. The van der Waals surface area contributed by atoms with Gasteiger partial charge in [0.05, 0.1) is 19.0 Å². The van der Waals surface area contributed by atoms with Gasteiger partial charge in [0, 0.05) is 0 Å². The number of hydrogen-bond acceptors (Lipinski definition) is 7. The third-order valence-corrected chi connectivity index (χ3v) is 9.16. The van der Waals surface area contributed by atoms with Crippen LogP contribution in [0.5, 0.6) is 0 Å². The average molecular weight is 482 g/mol. The summed E-state index contributed by atoms with van der Waals surface area (Å²) >= 11 is 0. The molecular formula is C19H35N5O4Si3. The number of rotatable bonds is 6. The lowest BCUT2D eigenvalue weighted by molar-refractivity contribution is -0.0348. The molecule has 0 aliphatic carbocycles. The fraction of sp³-hybridized carbons (Fsp3) is 0.737. The van der Waals surface area contributed by atoms with Gasteiger partial charge in [0.15, 0.2) is 42.3 Å². The maximum atomic E-state index is 13.1. The Bertz CT molecular complexity index is 1050. The Labute approximate surface area is 186 Å². The molecule has 0 bridgehead atoms. The molecule has 0 unspecified atom stereocenters. The van der Waals surface area contributed by atoms with Gasteiger partial charge < -0.3 is 23.1 Å². The first-order chi connectivity index (χ1) is 14.2. The highest BCUT2D eigenvalue weighted by Crippen LogP contribution is 2.42. The molecule has 9 nitrogen and oxygen atoms in total. The fourth-order valence-corrected chi connectivity index (χ4v) is 6.97. The Kier molecular flexibility index (Phi) is 5.42. The Morgan fingerprint density at radius 2 is 1.77 bits per heavy atom. The van der Waals surface area contributed by atoms with Crippen LogP contribution in [0.4, 0.5) is 5.95 Å². The molecule has 4 rings (SSSR count). The van der Waals surface area contributed by atoms with Crippen LogP contribution in [-0.2, 0) is 13.6 Å². The molecule has 4 atom stereocenters. The quantitative estimate of drug-likeness (QED) is 0.634. The number of ether oxygens (including phenoxy) is 1. The maximum Gasteiger partial charge on any atom is 0.273 e. The summed E-state index contributed by atoms with van der Waals surface area (Å²) in [4.78, 5) is 22.3. The molecule has 0 amide bonds. The van der Waals surface area contributed by atoms with Crippen molar-refractivity contribution in [3.8, 4) is 0 Å². The molecule has 31 heavy (non-hydrogen) atoms. The van der Waals surface area contributed by atoms with Gasteiger partial charge in [0.1, 0.15) is 12.1 Å². The van der Waals surface area contributed by atoms with Gasteiger partial charge in [-0.2, -0.15) is 0 Å². The molecule has 0 spiro atoms. The van der Waals surface area contributed by atoms with Crippen molar-refractivity contribution in [3.63, 3.8) is 0 Å². The van der Waals surface area contributed by atoms with Gasteiger partial charge in [0.25, 0.3) is 5.56 Å². The number of nitrogens with one attached hydrogen (secondary N) is 1. The molecule has 12 heteroatoms. The van der Waals surface area contributed by atoms with E-state index in [0.717, 1.165) is 0 Å². The van der Waals surface area contributed by atoms with Crippen molar-refractivity contribution in [2.75, 3.05) is 11.9 Å². The first-order valence-corrected chi connectivity index (χ1v) is 21.2. The van der Waals surface area contributed by atoms with Crippen molar-refractivity contribution >= 4 is 42.0 Å². The van der Waals surface area contributed by atoms with E-state index in [1.54, 1.807) is 10.6 Å². The predicted molar refractivity (Wildman–Crippen MR) is 129 cm³/mol. The standard InChI is InChI=1S/C19H35N5O4Si3/c1-29(2,3)23-11-20-16-14(17(23)25)22-19-21-13-15(28-31(7,8)9)12(10-26-30(4,5)6)27-18(13)24(16)19/h11-13,15,18H,10H2,1-9H3,(H,21,22)/t12-,13-,15-,18-/m1/s1. The summed E-state index contributed by atoms with van der Waals surface area (Å²) in [6.07, 6.45) is 1.00. The van der Waals surface area contributed by atoms with Crippen LogP contribution in [0.15, 0.2) is 11.1 Å². The Hall–Kier alpha value is -1.32. The summed E-state index contributed by atoms with van der Waals surface area (Å²) in [5.41, 5.74) is 0.864. The van der Waals surface area contributed by atoms with E-state index in [-0.39, 0.29) is 30.0 Å². The van der Waals surface area contributed by atoms with Crippen LogP contribution >= 0.6 is 0 Å². The van der Waals surface area contributed by atoms with E-state index in [2.05, 4.69) is 74.2 Å². The highest BCUT2D eigenvalue weighted by molar-refractivity contribution is 6.74. The SMILES string of the molecule is C[Si](C)(C)OC[C@H]1O[C@@H]2[C@H](Nc3nc4c(=O)n([Si](C)(C)C)cnc4n32)[C@@H]1O[Si](C)(C)C. The molecule has 0 radical (unpaired) electrons. The molecule has 1 saturated heterocycles. The monoisotopic (exact) mass is 481 g/mol. The highest BCUT2D eigenvalue weighted by atomic mass is 28.4. The number of imidazole rings is 1. The lowest BCUT2D eigenvalue weighted by Gasteiger charge is -2.30. The smallest absolute Gasteiger partial charge is 0.273 e. The van der Waals surface area contributed by atoms with Crippen molar-refractivity contribution < 1.29 is 13.6 Å². The second-order valence-electron chi connectivity index (χ2n) is 11.4. The molecule has 4 heterocycles. The molecule has 2 aliphatic heterocycles. The van der Waals surface area contributed by atoms with E-state index in [1.165, 1.54) is 0 Å². The molecule has 172 valence electrons. The molecule has 2 aliphatic rings. The van der Waals surface area contributed by atoms with Crippen LogP contribution in [0.2, 0.25) is 58.9 Å². The minimum absolute atomic E-state index is 0.0871. The minimum atomic E-state index is -1.89. The van der Waals surface area contributed by atoms with Crippen LogP contribution in [0.3, 0.4) is 0 Å². The normalized spacial score (nSPS) is 26.2. The summed E-state index contributed by atoms with van der Waals surface area (Å²) in [5.74, 6) is 0.622. The van der Waals surface area contributed by atoms with Crippen molar-refractivity contribution in [1.29, 1.82) is 0 Å². The van der Waals surface area contributed by atoms with Crippen LogP contribution in [0, 0.1) is 0 Å². The summed E-state index contributed by atoms with van der Waals surface area (Å²) in [7, 11) is -5.42. The summed E-state index contributed by atoms with van der Waals surface area (Å²) < 4.78 is 22.9. The van der Waals surface area contributed by atoms with Gasteiger partial charge in [0.2, 0.25) is 5.95 Å². The number of nitrogens with zero attached hydrogens (tertiary/aromatic N) is 4. The van der Waals surface area contributed by atoms with Crippen molar-refractivity contribution in [3.05, 3.63) is 16.7 Å². The zero-order valence-electron chi connectivity index (χ0n) is 20.0. The zero-order chi connectivity index (χ0) is 22.9. The highest BCUT2D eigenvalue weighted by Gasteiger charge is 2.53. The average Bonchev–Trinajstić information content (AvgIpc) is 3.20. The van der Waals surface area contributed by atoms with E-state index in [4.69, 9.17) is 13.6 Å². The Morgan fingerprint density at radius 3 is 2.35 bits per heavy atom. The van der Waals surface area contributed by atoms with E-state index in [1.807, 2.05) is 4.57 Å². The van der Waals surface area contributed by atoms with E-state index in [9.17, 15) is 4.79 Å². The lowest BCUT2D eigenvalue weighted by Crippen LogP contribution is -2.46. The number of anilines is 1. The zero-order valence-corrected chi connectivity index (χ0v) is 23.0. The van der Waals surface area contributed by atoms with E-state index < -0.39 is 24.9 Å². The first kappa shape index (κ1) is 22.9. The summed E-state index contributed by atoms with van der Waals surface area (Å²) in [6, 6.07) is -0.0879. The molecule has 1 N–H and O–H groups in total. The minimum Gasteiger partial charge on any atom is -0.415 e. The molecule has 0 saturated carbocycles. The lowest BCUT2D eigenvalue weighted by atomic mass is 10.1. The second-order valence-corrected chi connectivity index (χ2v) is 25.2.